The van der Waals surface area contributed by atoms with E-state index in [9.17, 15) is 14.4 Å². The van der Waals surface area contributed by atoms with Crippen LogP contribution < -0.4 is 4.74 Å². The van der Waals surface area contributed by atoms with E-state index in [4.69, 9.17) is 19.2 Å². The van der Waals surface area contributed by atoms with Crippen molar-refractivity contribution in [2.45, 2.75) is 39.2 Å². The van der Waals surface area contributed by atoms with Gasteiger partial charge in [-0.15, -0.1) is 0 Å². The smallest absolute Gasteiger partial charge is 0.338 e. The van der Waals surface area contributed by atoms with Gasteiger partial charge in [-0.3, -0.25) is 9.59 Å². The molecule has 220 valence electrons. The van der Waals surface area contributed by atoms with E-state index in [1.54, 1.807) is 25.9 Å². The maximum atomic E-state index is 13.7. The number of hydrogen-bond acceptors (Lipinski definition) is 9. The summed E-state index contributed by atoms with van der Waals surface area (Å²) in [6, 6.07) is 16.5. The third kappa shape index (κ3) is 5.94. The number of esters is 2. The van der Waals surface area contributed by atoms with Gasteiger partial charge < -0.3 is 24.0 Å². The first-order chi connectivity index (χ1) is 20.5. The van der Waals surface area contributed by atoms with Crippen LogP contribution in [0.3, 0.4) is 0 Å². The zero-order valence-electron chi connectivity index (χ0n) is 24.1. The van der Waals surface area contributed by atoms with E-state index >= 15 is 0 Å². The van der Waals surface area contributed by atoms with Gasteiger partial charge in [0.25, 0.3) is 0 Å². The van der Waals surface area contributed by atoms with Gasteiger partial charge in [-0.1, -0.05) is 60.3 Å². The van der Waals surface area contributed by atoms with E-state index in [0.29, 0.717) is 54.0 Å². The molecule has 2 aromatic carbocycles. The van der Waals surface area contributed by atoms with Crippen LogP contribution in [-0.4, -0.2) is 66.2 Å². The minimum atomic E-state index is -0.648. The van der Waals surface area contributed by atoms with Crippen molar-refractivity contribution >= 4 is 40.5 Å². The number of benzene rings is 2. The number of amidine groups is 1. The number of para-hydroxylation sites is 1. The van der Waals surface area contributed by atoms with Crippen LogP contribution in [0.5, 0.6) is 5.75 Å². The van der Waals surface area contributed by atoms with Gasteiger partial charge in [-0.25, -0.2) is 9.79 Å². The van der Waals surface area contributed by atoms with Crippen molar-refractivity contribution in [2.24, 2.45) is 10.9 Å². The topological polar surface area (TPSA) is 97.7 Å². The highest BCUT2D eigenvalue weighted by molar-refractivity contribution is 8.16. The molecular weight excluding hydrogens is 554 g/mol. The van der Waals surface area contributed by atoms with Crippen molar-refractivity contribution in [1.29, 1.82) is 0 Å². The van der Waals surface area contributed by atoms with Crippen molar-refractivity contribution in [3.63, 3.8) is 0 Å². The number of nitrogens with zero attached hydrogens (tertiary/aromatic N) is 3. The first-order valence-corrected chi connectivity index (χ1v) is 15.1. The minimum Gasteiger partial charge on any atom is -0.496 e. The SMILES string of the molecule is CCOC(=O)C1=C(c2ccccc2)N=C2SC=C(CC(=O)N3CCC[C@H](C(=O)OCC)C3)N2[C@@H]1c1ccccc1OC. The van der Waals surface area contributed by atoms with E-state index < -0.39 is 12.0 Å². The zero-order chi connectivity index (χ0) is 29.6. The summed E-state index contributed by atoms with van der Waals surface area (Å²) in [5.41, 5.74) is 3.16. The van der Waals surface area contributed by atoms with Gasteiger partial charge in [0.15, 0.2) is 5.17 Å². The Hall–Kier alpha value is -4.05. The van der Waals surface area contributed by atoms with Crippen molar-refractivity contribution in [2.75, 3.05) is 33.4 Å². The molecule has 0 saturated carbocycles. The first-order valence-electron chi connectivity index (χ1n) is 14.2. The van der Waals surface area contributed by atoms with Gasteiger partial charge in [0.1, 0.15) is 5.75 Å². The summed E-state index contributed by atoms with van der Waals surface area (Å²) in [5.74, 6) is -0.550. The summed E-state index contributed by atoms with van der Waals surface area (Å²) >= 11 is 1.41. The Labute approximate surface area is 250 Å². The molecule has 1 fully saturated rings. The number of piperidine rings is 1. The molecule has 42 heavy (non-hydrogen) atoms. The molecule has 3 aliphatic heterocycles. The Bertz CT molecular complexity index is 1440. The standard InChI is InChI=1S/C32H35N3O6S/c1-4-40-30(37)22-14-11-17-34(19-22)26(36)18-23-20-42-32-33-28(21-12-7-6-8-13-21)27(31(38)41-5-2)29(35(23)32)24-15-9-10-16-25(24)39-3/h6-10,12-13,15-16,20,22,29H,4-5,11,14,17-19H2,1-3H3/t22-,29+/m0/s1. The zero-order valence-corrected chi connectivity index (χ0v) is 24.9. The first kappa shape index (κ1) is 29.4. The molecule has 0 spiro atoms. The molecule has 0 aromatic heterocycles. The highest BCUT2D eigenvalue weighted by Gasteiger charge is 2.44. The Balaban J connectivity index is 1.53. The predicted octanol–water partition coefficient (Wildman–Crippen LogP) is 5.16. The quantitative estimate of drug-likeness (QED) is 0.370. The molecule has 0 N–H and O–H groups in total. The van der Waals surface area contributed by atoms with Crippen molar-refractivity contribution < 1.29 is 28.6 Å². The van der Waals surface area contributed by atoms with E-state index in [1.807, 2.05) is 64.9 Å². The van der Waals surface area contributed by atoms with Gasteiger partial charge >= 0.3 is 11.9 Å². The minimum absolute atomic E-state index is 0.0873. The molecule has 3 heterocycles. The van der Waals surface area contributed by atoms with Gasteiger partial charge in [0, 0.05) is 29.9 Å². The lowest BCUT2D eigenvalue weighted by atomic mass is 9.90. The highest BCUT2D eigenvalue weighted by atomic mass is 32.2. The highest BCUT2D eigenvalue weighted by Crippen LogP contribution is 2.49. The molecule has 1 amide bonds. The predicted molar refractivity (Wildman–Crippen MR) is 161 cm³/mol. The van der Waals surface area contributed by atoms with Crippen LogP contribution in [0.4, 0.5) is 0 Å². The Morgan fingerprint density at radius 1 is 1.00 bits per heavy atom. The summed E-state index contributed by atoms with van der Waals surface area (Å²) in [6.45, 7) is 4.99. The fraction of sp³-hybridized carbons (Fsp3) is 0.375. The number of methoxy groups -OCH3 is 1. The van der Waals surface area contributed by atoms with Gasteiger partial charge in [0.2, 0.25) is 5.91 Å². The van der Waals surface area contributed by atoms with E-state index in [2.05, 4.69) is 0 Å². The Morgan fingerprint density at radius 3 is 2.48 bits per heavy atom. The molecule has 10 heteroatoms. The molecule has 0 aliphatic carbocycles. The average Bonchev–Trinajstić information content (AvgIpc) is 3.42. The van der Waals surface area contributed by atoms with Gasteiger partial charge in [0.05, 0.1) is 50.0 Å². The second-order valence-corrected chi connectivity index (χ2v) is 10.9. The number of aliphatic imine (C=N–C) groups is 1. The van der Waals surface area contributed by atoms with Gasteiger partial charge in [-0.2, -0.15) is 0 Å². The van der Waals surface area contributed by atoms with Crippen LogP contribution >= 0.6 is 11.8 Å². The number of rotatable bonds is 9. The monoisotopic (exact) mass is 589 g/mol. The molecule has 0 bridgehead atoms. The lowest BCUT2D eigenvalue weighted by Gasteiger charge is -2.38. The third-order valence-corrected chi connectivity index (χ3v) is 8.40. The number of fused-ring (bicyclic) bond motifs is 1. The number of carbonyl (C=O) groups excluding carboxylic acids is 3. The fourth-order valence-corrected chi connectivity index (χ4v) is 6.52. The maximum absolute atomic E-state index is 13.7. The molecule has 2 aromatic rings. The van der Waals surface area contributed by atoms with E-state index in [0.717, 1.165) is 17.5 Å². The molecule has 0 unspecified atom stereocenters. The molecule has 0 radical (unpaired) electrons. The summed E-state index contributed by atoms with van der Waals surface area (Å²) in [7, 11) is 1.60. The molecule has 2 atom stereocenters. The number of ether oxygens (including phenoxy) is 3. The van der Waals surface area contributed by atoms with Crippen LogP contribution in [0.15, 0.2) is 76.3 Å². The molecule has 3 aliphatic rings. The van der Waals surface area contributed by atoms with Crippen molar-refractivity contribution in [3.05, 3.63) is 82.4 Å². The summed E-state index contributed by atoms with van der Waals surface area (Å²) in [4.78, 5) is 48.4. The van der Waals surface area contributed by atoms with E-state index in [-0.39, 0.29) is 30.8 Å². The normalized spacial score (nSPS) is 20.0. The molecule has 5 rings (SSSR count). The third-order valence-electron chi connectivity index (χ3n) is 7.51. The van der Waals surface area contributed by atoms with Crippen molar-refractivity contribution in [1.82, 2.24) is 9.80 Å². The number of likely N-dealkylation sites (tertiary alicyclic amines) is 1. The average molecular weight is 590 g/mol. The molecule has 1 saturated heterocycles. The van der Waals surface area contributed by atoms with Crippen LogP contribution in [0.1, 0.15) is 50.3 Å². The lowest BCUT2D eigenvalue weighted by Crippen LogP contribution is -2.44. The Kier molecular flexibility index (Phi) is 9.31. The molecule has 9 nitrogen and oxygen atoms in total. The summed E-state index contributed by atoms with van der Waals surface area (Å²) in [6.07, 6.45) is 1.53. The fourth-order valence-electron chi connectivity index (χ4n) is 5.60. The number of amides is 1. The Morgan fingerprint density at radius 2 is 1.74 bits per heavy atom. The number of thioether (sulfide) groups is 1. The largest absolute Gasteiger partial charge is 0.496 e. The second kappa shape index (κ2) is 13.3. The summed E-state index contributed by atoms with van der Waals surface area (Å²) < 4.78 is 16.6. The van der Waals surface area contributed by atoms with Crippen LogP contribution in [-0.2, 0) is 23.9 Å². The van der Waals surface area contributed by atoms with Crippen LogP contribution in [0.2, 0.25) is 0 Å². The lowest BCUT2D eigenvalue weighted by molar-refractivity contribution is -0.151. The summed E-state index contributed by atoms with van der Waals surface area (Å²) in [5, 5.41) is 2.58. The molecular formula is C32H35N3O6S. The van der Waals surface area contributed by atoms with E-state index in [1.165, 1.54) is 11.8 Å². The number of carbonyl (C=O) groups is 3. The second-order valence-electron chi connectivity index (χ2n) is 10.1. The van der Waals surface area contributed by atoms with Crippen molar-refractivity contribution in [3.8, 4) is 5.75 Å². The van der Waals surface area contributed by atoms with Crippen LogP contribution in [0, 0.1) is 5.92 Å². The number of hydrogen-bond donors (Lipinski definition) is 0. The maximum Gasteiger partial charge on any atom is 0.338 e. The van der Waals surface area contributed by atoms with Gasteiger partial charge in [-0.05, 0) is 38.2 Å². The van der Waals surface area contributed by atoms with Crippen LogP contribution in [0.25, 0.3) is 5.70 Å².